The van der Waals surface area contributed by atoms with Crippen molar-refractivity contribution in [2.24, 2.45) is 5.92 Å². The van der Waals surface area contributed by atoms with Gasteiger partial charge in [-0.15, -0.1) is 0 Å². The number of ether oxygens (including phenoxy) is 2. The van der Waals surface area contributed by atoms with Crippen LogP contribution in [0.5, 0.6) is 11.5 Å². The second kappa shape index (κ2) is 8.48. The van der Waals surface area contributed by atoms with Crippen LogP contribution in [-0.2, 0) is 4.79 Å². The molecule has 1 amide bonds. The lowest BCUT2D eigenvalue weighted by atomic mass is 9.88. The molecule has 6 nitrogen and oxygen atoms in total. The first-order valence-corrected chi connectivity index (χ1v) is 10.3. The highest BCUT2D eigenvalue weighted by Gasteiger charge is 2.28. The number of rotatable bonds is 5. The largest absolute Gasteiger partial charge is 0.454 e. The number of benzene rings is 1. The van der Waals surface area contributed by atoms with Gasteiger partial charge in [0, 0.05) is 38.6 Å². The van der Waals surface area contributed by atoms with E-state index in [0.29, 0.717) is 6.54 Å². The summed E-state index contributed by atoms with van der Waals surface area (Å²) >= 11 is 0. The van der Waals surface area contributed by atoms with E-state index >= 15 is 0 Å². The predicted molar refractivity (Wildman–Crippen MR) is 104 cm³/mol. The molecule has 148 valence electrons. The van der Waals surface area contributed by atoms with Gasteiger partial charge >= 0.3 is 0 Å². The number of carbonyl (C=O) groups excluding carboxylic acids is 1. The van der Waals surface area contributed by atoms with Crippen molar-refractivity contribution in [2.45, 2.75) is 38.1 Å². The van der Waals surface area contributed by atoms with Crippen LogP contribution in [0.2, 0.25) is 0 Å². The molecule has 1 N–H and O–H groups in total. The Morgan fingerprint density at radius 3 is 2.63 bits per heavy atom. The quantitative estimate of drug-likeness (QED) is 0.859. The maximum Gasteiger partial charge on any atom is 0.231 e. The van der Waals surface area contributed by atoms with Crippen molar-refractivity contribution in [2.75, 3.05) is 46.6 Å². The Kier molecular flexibility index (Phi) is 5.83. The van der Waals surface area contributed by atoms with E-state index in [2.05, 4.69) is 34.3 Å². The summed E-state index contributed by atoms with van der Waals surface area (Å²) in [6.07, 6.45) is 5.71. The molecule has 3 aliphatic rings. The van der Waals surface area contributed by atoms with Crippen molar-refractivity contribution >= 4 is 5.91 Å². The zero-order valence-corrected chi connectivity index (χ0v) is 16.3. The molecule has 2 fully saturated rings. The van der Waals surface area contributed by atoms with Gasteiger partial charge in [0.15, 0.2) is 11.5 Å². The number of amides is 1. The third-order valence-corrected chi connectivity index (χ3v) is 6.21. The van der Waals surface area contributed by atoms with Gasteiger partial charge in [-0.2, -0.15) is 0 Å². The number of hydrogen-bond donors (Lipinski definition) is 1. The van der Waals surface area contributed by atoms with Crippen LogP contribution < -0.4 is 14.8 Å². The second-order valence-electron chi connectivity index (χ2n) is 8.05. The Hall–Kier alpha value is -1.79. The third kappa shape index (κ3) is 4.38. The Bertz CT molecular complexity index is 652. The molecule has 1 saturated heterocycles. The van der Waals surface area contributed by atoms with Crippen molar-refractivity contribution in [1.82, 2.24) is 15.1 Å². The zero-order valence-electron chi connectivity index (χ0n) is 16.3. The zero-order chi connectivity index (χ0) is 18.6. The molecule has 2 aliphatic heterocycles. The van der Waals surface area contributed by atoms with Crippen molar-refractivity contribution in [3.63, 3.8) is 0 Å². The molecule has 1 aliphatic carbocycles. The first-order valence-electron chi connectivity index (χ1n) is 10.3. The Morgan fingerprint density at radius 1 is 1.11 bits per heavy atom. The highest BCUT2D eigenvalue weighted by Crippen LogP contribution is 2.35. The normalized spacial score (nSPS) is 22.6. The summed E-state index contributed by atoms with van der Waals surface area (Å²) in [7, 11) is 2.16. The fourth-order valence-corrected chi connectivity index (χ4v) is 4.42. The van der Waals surface area contributed by atoms with Crippen molar-refractivity contribution in [3.05, 3.63) is 23.8 Å². The molecular formula is C21H31N3O3. The summed E-state index contributed by atoms with van der Waals surface area (Å²) in [5, 5.41) is 3.26. The Labute approximate surface area is 161 Å². The fraction of sp³-hybridized carbons (Fsp3) is 0.667. The van der Waals surface area contributed by atoms with Crippen LogP contribution in [0.1, 0.15) is 43.7 Å². The van der Waals surface area contributed by atoms with Crippen LogP contribution >= 0.6 is 0 Å². The Balaban J connectivity index is 1.46. The molecular weight excluding hydrogens is 342 g/mol. The Morgan fingerprint density at radius 2 is 1.85 bits per heavy atom. The molecule has 1 aromatic carbocycles. The molecule has 4 rings (SSSR count). The summed E-state index contributed by atoms with van der Waals surface area (Å²) in [5.74, 6) is 2.05. The molecule has 1 saturated carbocycles. The number of nitrogens with one attached hydrogen (secondary N) is 1. The number of nitrogens with zero attached hydrogens (tertiary/aromatic N) is 2. The number of fused-ring (bicyclic) bond motifs is 1. The fourth-order valence-electron chi connectivity index (χ4n) is 4.42. The molecule has 27 heavy (non-hydrogen) atoms. The molecule has 2 heterocycles. The molecule has 0 radical (unpaired) electrons. The first kappa shape index (κ1) is 18.6. The van der Waals surface area contributed by atoms with Gasteiger partial charge in [-0.3, -0.25) is 9.69 Å². The lowest BCUT2D eigenvalue weighted by Gasteiger charge is -2.38. The van der Waals surface area contributed by atoms with Crippen LogP contribution in [0.3, 0.4) is 0 Å². The summed E-state index contributed by atoms with van der Waals surface area (Å²) in [4.78, 5) is 17.5. The minimum absolute atomic E-state index is 0.167. The molecule has 0 aromatic heterocycles. The van der Waals surface area contributed by atoms with Gasteiger partial charge in [0.2, 0.25) is 12.7 Å². The highest BCUT2D eigenvalue weighted by atomic mass is 16.7. The van der Waals surface area contributed by atoms with Crippen LogP contribution in [0.15, 0.2) is 18.2 Å². The third-order valence-electron chi connectivity index (χ3n) is 6.21. The number of hydrogen-bond acceptors (Lipinski definition) is 5. The molecule has 1 aromatic rings. The predicted octanol–water partition coefficient (Wildman–Crippen LogP) is 2.40. The summed E-state index contributed by atoms with van der Waals surface area (Å²) in [6, 6.07) is 6.35. The second-order valence-corrected chi connectivity index (χ2v) is 8.05. The maximum atomic E-state index is 12.7. The molecule has 1 atom stereocenters. The molecule has 6 heteroatoms. The van der Waals surface area contributed by atoms with Crippen molar-refractivity contribution < 1.29 is 14.3 Å². The summed E-state index contributed by atoms with van der Waals surface area (Å²) in [5.41, 5.74) is 1.19. The highest BCUT2D eigenvalue weighted by molar-refractivity contribution is 5.78. The smallest absolute Gasteiger partial charge is 0.231 e. The van der Waals surface area contributed by atoms with Gasteiger partial charge in [-0.25, -0.2) is 0 Å². The van der Waals surface area contributed by atoms with Gasteiger partial charge in [0.05, 0.1) is 6.04 Å². The van der Waals surface area contributed by atoms with Crippen LogP contribution in [0.4, 0.5) is 0 Å². The topological polar surface area (TPSA) is 54.0 Å². The molecule has 1 unspecified atom stereocenters. The van der Waals surface area contributed by atoms with Gasteiger partial charge in [0.1, 0.15) is 0 Å². The van der Waals surface area contributed by atoms with Gasteiger partial charge in [-0.05, 0) is 37.6 Å². The lowest BCUT2D eigenvalue weighted by Crippen LogP contribution is -2.49. The first-order chi connectivity index (χ1) is 13.2. The van der Waals surface area contributed by atoms with Crippen LogP contribution in [0.25, 0.3) is 0 Å². The van der Waals surface area contributed by atoms with Crippen molar-refractivity contribution in [3.8, 4) is 11.5 Å². The summed E-state index contributed by atoms with van der Waals surface area (Å²) < 4.78 is 11.0. The van der Waals surface area contributed by atoms with E-state index in [1.807, 2.05) is 6.07 Å². The van der Waals surface area contributed by atoms with E-state index in [9.17, 15) is 4.79 Å². The van der Waals surface area contributed by atoms with E-state index in [0.717, 1.165) is 50.5 Å². The lowest BCUT2D eigenvalue weighted by molar-refractivity contribution is -0.126. The number of likely N-dealkylation sites (N-methyl/N-ethyl adjacent to an activating group) is 1. The van der Waals surface area contributed by atoms with Gasteiger partial charge in [0.25, 0.3) is 0 Å². The average molecular weight is 373 g/mol. The minimum Gasteiger partial charge on any atom is -0.454 e. The summed E-state index contributed by atoms with van der Waals surface area (Å²) in [6.45, 7) is 5.06. The minimum atomic E-state index is 0.167. The SMILES string of the molecule is CN1CCN(C(CNC(=O)C2CCCCC2)c2ccc3c(c2)OCO3)CC1. The van der Waals surface area contributed by atoms with E-state index in [-0.39, 0.29) is 24.7 Å². The average Bonchev–Trinajstić information content (AvgIpc) is 3.18. The maximum absolute atomic E-state index is 12.7. The number of carbonyl (C=O) groups is 1. The van der Waals surface area contributed by atoms with Gasteiger partial charge in [-0.1, -0.05) is 25.3 Å². The molecule has 0 spiro atoms. The monoisotopic (exact) mass is 373 g/mol. The van der Waals surface area contributed by atoms with Gasteiger partial charge < -0.3 is 19.7 Å². The van der Waals surface area contributed by atoms with E-state index in [1.54, 1.807) is 0 Å². The number of piperazine rings is 1. The molecule has 0 bridgehead atoms. The van der Waals surface area contributed by atoms with Crippen LogP contribution in [0, 0.1) is 5.92 Å². The van der Waals surface area contributed by atoms with Crippen molar-refractivity contribution in [1.29, 1.82) is 0 Å². The van der Waals surface area contributed by atoms with E-state index in [1.165, 1.54) is 24.8 Å². The van der Waals surface area contributed by atoms with E-state index in [4.69, 9.17) is 9.47 Å². The van der Waals surface area contributed by atoms with Crippen LogP contribution in [-0.4, -0.2) is 62.3 Å². The standard InChI is InChI=1S/C21H31N3O3/c1-23-9-11-24(12-10-23)18(14-22-21(25)16-5-3-2-4-6-16)17-7-8-19-20(13-17)27-15-26-19/h7-8,13,16,18H,2-6,9-12,14-15H2,1H3,(H,22,25). The van der Waals surface area contributed by atoms with E-state index < -0.39 is 0 Å².